The van der Waals surface area contributed by atoms with Crippen molar-refractivity contribution in [2.75, 3.05) is 18.4 Å². The molecule has 0 aliphatic carbocycles. The molecule has 30 heavy (non-hydrogen) atoms. The van der Waals surface area contributed by atoms with Crippen LogP contribution in [0, 0.1) is 0 Å². The normalized spacial score (nSPS) is 15.7. The van der Waals surface area contributed by atoms with E-state index in [1.165, 1.54) is 24.1 Å². The lowest BCUT2D eigenvalue weighted by molar-refractivity contribution is 0.102. The molecule has 1 saturated heterocycles. The van der Waals surface area contributed by atoms with Gasteiger partial charge in [0.2, 0.25) is 0 Å². The summed E-state index contributed by atoms with van der Waals surface area (Å²) >= 11 is 8.35. The molecule has 3 aromatic rings. The van der Waals surface area contributed by atoms with Crippen molar-refractivity contribution in [3.05, 3.63) is 87.3 Å². The van der Waals surface area contributed by atoms with Crippen molar-refractivity contribution in [3.63, 3.8) is 0 Å². The van der Waals surface area contributed by atoms with Gasteiger partial charge in [0.05, 0.1) is 6.04 Å². The van der Waals surface area contributed by atoms with Crippen molar-refractivity contribution >= 4 is 33.8 Å². The van der Waals surface area contributed by atoms with Gasteiger partial charge >= 0.3 is 0 Å². The van der Waals surface area contributed by atoms with Crippen molar-refractivity contribution in [1.29, 1.82) is 0 Å². The number of halogens is 1. The number of likely N-dealkylation sites (tertiary alicyclic amines) is 1. The molecule has 0 bridgehead atoms. The number of hydrogen-bond acceptors (Lipinski definition) is 3. The van der Waals surface area contributed by atoms with E-state index in [1.54, 1.807) is 11.3 Å². The van der Waals surface area contributed by atoms with Gasteiger partial charge in [0, 0.05) is 21.0 Å². The van der Waals surface area contributed by atoms with E-state index >= 15 is 0 Å². The molecule has 3 nitrogen and oxygen atoms in total. The van der Waals surface area contributed by atoms with Crippen molar-refractivity contribution < 1.29 is 4.79 Å². The highest BCUT2D eigenvalue weighted by atomic mass is 35.5. The number of aryl methyl sites for hydroxylation is 1. The van der Waals surface area contributed by atoms with Crippen LogP contribution in [-0.2, 0) is 6.42 Å². The Labute approximate surface area is 187 Å². The van der Waals surface area contributed by atoms with Gasteiger partial charge < -0.3 is 5.32 Å². The van der Waals surface area contributed by atoms with Crippen molar-refractivity contribution in [2.45, 2.75) is 38.6 Å². The van der Waals surface area contributed by atoms with Crippen LogP contribution in [0.25, 0.3) is 0 Å². The zero-order valence-electron chi connectivity index (χ0n) is 17.2. The summed E-state index contributed by atoms with van der Waals surface area (Å²) < 4.78 is 0. The second-order valence-corrected chi connectivity index (χ2v) is 9.24. The van der Waals surface area contributed by atoms with Crippen LogP contribution in [0.15, 0.2) is 60.7 Å². The summed E-state index contributed by atoms with van der Waals surface area (Å²) in [4.78, 5) is 16.7. The first kappa shape index (κ1) is 21.1. The molecule has 0 saturated carbocycles. The molecular formula is C25H27ClN2OS. The molecular weight excluding hydrogens is 412 g/mol. The van der Waals surface area contributed by atoms with E-state index in [1.807, 2.05) is 48.5 Å². The zero-order valence-corrected chi connectivity index (χ0v) is 18.8. The molecule has 1 atom stereocenters. The predicted molar refractivity (Wildman–Crippen MR) is 127 cm³/mol. The molecule has 1 amide bonds. The highest BCUT2D eigenvalue weighted by Gasteiger charge is 2.29. The maximum Gasteiger partial charge on any atom is 0.256 e. The van der Waals surface area contributed by atoms with Crippen molar-refractivity contribution in [3.8, 4) is 0 Å². The average Bonchev–Trinajstić information content (AvgIpc) is 3.19. The lowest BCUT2D eigenvalue weighted by Gasteiger charge is -2.35. The van der Waals surface area contributed by atoms with Crippen LogP contribution >= 0.6 is 22.9 Å². The molecule has 1 N–H and O–H groups in total. The summed E-state index contributed by atoms with van der Waals surface area (Å²) in [7, 11) is 0. The molecule has 1 aliphatic rings. The lowest BCUT2D eigenvalue weighted by atomic mass is 9.95. The minimum absolute atomic E-state index is 0.0432. The Morgan fingerprint density at radius 2 is 1.73 bits per heavy atom. The smallest absolute Gasteiger partial charge is 0.256 e. The maximum atomic E-state index is 12.9. The molecule has 5 heteroatoms. The Balaban J connectivity index is 1.75. The Kier molecular flexibility index (Phi) is 6.88. The fraction of sp³-hybridized carbons (Fsp3) is 0.320. The number of piperidine rings is 1. The number of nitrogens with zero attached hydrogens (tertiary/aromatic N) is 1. The van der Waals surface area contributed by atoms with Crippen LogP contribution in [0.4, 0.5) is 5.00 Å². The number of amides is 1. The molecule has 4 rings (SSSR count). The topological polar surface area (TPSA) is 32.3 Å². The van der Waals surface area contributed by atoms with Crippen LogP contribution in [0.5, 0.6) is 0 Å². The SMILES string of the molecule is CCc1cc(C(c2ccccc2Cl)N2CCCCC2)c(NC(=O)c2ccccc2)s1. The van der Waals surface area contributed by atoms with E-state index in [-0.39, 0.29) is 11.9 Å². The largest absolute Gasteiger partial charge is 0.313 e. The van der Waals surface area contributed by atoms with Crippen molar-refractivity contribution in [2.24, 2.45) is 0 Å². The number of nitrogens with one attached hydrogen (secondary N) is 1. The van der Waals surface area contributed by atoms with Crippen LogP contribution in [-0.4, -0.2) is 23.9 Å². The van der Waals surface area contributed by atoms with E-state index in [0.29, 0.717) is 5.56 Å². The highest BCUT2D eigenvalue weighted by molar-refractivity contribution is 7.16. The Hall–Kier alpha value is -2.14. The first-order chi connectivity index (χ1) is 14.7. The number of thiophene rings is 1. The van der Waals surface area contributed by atoms with Crippen molar-refractivity contribution in [1.82, 2.24) is 4.90 Å². The number of carbonyl (C=O) groups excluding carboxylic acids is 1. The first-order valence-corrected chi connectivity index (χ1v) is 11.8. The number of carbonyl (C=O) groups is 1. The highest BCUT2D eigenvalue weighted by Crippen LogP contribution is 2.42. The average molecular weight is 439 g/mol. The molecule has 2 heterocycles. The van der Waals surface area contributed by atoms with Gasteiger partial charge in [-0.25, -0.2) is 0 Å². The van der Waals surface area contributed by atoms with E-state index in [9.17, 15) is 4.79 Å². The lowest BCUT2D eigenvalue weighted by Crippen LogP contribution is -2.34. The predicted octanol–water partition coefficient (Wildman–Crippen LogP) is 6.79. The second-order valence-electron chi connectivity index (χ2n) is 7.69. The van der Waals surface area contributed by atoms with Gasteiger partial charge in [-0.15, -0.1) is 11.3 Å². The van der Waals surface area contributed by atoms with Gasteiger partial charge in [-0.1, -0.05) is 61.3 Å². The van der Waals surface area contributed by atoms with E-state index < -0.39 is 0 Å². The number of rotatable bonds is 6. The summed E-state index contributed by atoms with van der Waals surface area (Å²) in [6.45, 7) is 4.24. The fourth-order valence-corrected chi connectivity index (χ4v) is 5.40. The third-order valence-electron chi connectivity index (χ3n) is 5.67. The van der Waals surface area contributed by atoms with Crippen LogP contribution in [0.2, 0.25) is 5.02 Å². The maximum absolute atomic E-state index is 12.9. The van der Waals surface area contributed by atoms with Gasteiger partial charge in [0.15, 0.2) is 0 Å². The van der Waals surface area contributed by atoms with Crippen LogP contribution in [0.1, 0.15) is 58.6 Å². The van der Waals surface area contributed by atoms with E-state index in [4.69, 9.17) is 11.6 Å². The summed E-state index contributed by atoms with van der Waals surface area (Å²) in [5, 5.41) is 4.90. The van der Waals surface area contributed by atoms with Crippen LogP contribution < -0.4 is 5.32 Å². The molecule has 1 aliphatic heterocycles. The molecule has 1 aromatic heterocycles. The first-order valence-electron chi connectivity index (χ1n) is 10.6. The Morgan fingerprint density at radius 3 is 2.43 bits per heavy atom. The quantitative estimate of drug-likeness (QED) is 0.459. The summed E-state index contributed by atoms with van der Waals surface area (Å²) in [6.07, 6.45) is 4.59. The Morgan fingerprint density at radius 1 is 1.03 bits per heavy atom. The summed E-state index contributed by atoms with van der Waals surface area (Å²) in [5.74, 6) is -0.0714. The standard InChI is InChI=1S/C25H27ClN2OS/c1-2-19-17-21(25(30-19)27-24(29)18-11-5-3-6-12-18)23(28-15-9-4-10-16-28)20-13-7-8-14-22(20)26/h3,5-8,11-14,17,23H,2,4,9-10,15-16H2,1H3,(H,27,29). The molecule has 156 valence electrons. The molecule has 0 radical (unpaired) electrons. The summed E-state index contributed by atoms with van der Waals surface area (Å²) in [5.41, 5.74) is 2.93. The number of anilines is 1. The second kappa shape index (κ2) is 9.78. The van der Waals surface area contributed by atoms with E-state index in [2.05, 4.69) is 29.3 Å². The minimum Gasteiger partial charge on any atom is -0.313 e. The monoisotopic (exact) mass is 438 g/mol. The summed E-state index contributed by atoms with van der Waals surface area (Å²) in [6, 6.07) is 19.8. The molecule has 1 unspecified atom stereocenters. The van der Waals surface area contributed by atoms with E-state index in [0.717, 1.165) is 40.7 Å². The number of hydrogen-bond donors (Lipinski definition) is 1. The zero-order chi connectivity index (χ0) is 20.9. The third-order valence-corrected chi connectivity index (χ3v) is 7.23. The molecule has 0 spiro atoms. The minimum atomic E-state index is -0.0714. The molecule has 2 aromatic carbocycles. The van der Waals surface area contributed by atoms with Gasteiger partial charge in [-0.05, 0) is 62.2 Å². The van der Waals surface area contributed by atoms with Gasteiger partial charge in [0.1, 0.15) is 5.00 Å². The van der Waals surface area contributed by atoms with Gasteiger partial charge in [0.25, 0.3) is 5.91 Å². The molecule has 1 fully saturated rings. The van der Waals surface area contributed by atoms with Gasteiger partial charge in [-0.3, -0.25) is 9.69 Å². The van der Waals surface area contributed by atoms with Crippen LogP contribution in [0.3, 0.4) is 0 Å². The van der Waals surface area contributed by atoms with Gasteiger partial charge in [-0.2, -0.15) is 0 Å². The Bertz CT molecular complexity index is 995. The third kappa shape index (κ3) is 4.61. The number of benzene rings is 2. The fourth-order valence-electron chi connectivity index (χ4n) is 4.13.